The highest BCUT2D eigenvalue weighted by Gasteiger charge is 2.34. The lowest BCUT2D eigenvalue weighted by Crippen LogP contribution is -2.16. The van der Waals surface area contributed by atoms with Gasteiger partial charge in [0.15, 0.2) is 15.6 Å². The van der Waals surface area contributed by atoms with Crippen LogP contribution in [0.4, 0.5) is 26.3 Å². The molecular formula is C57H55Br6Cl6F6N10O7PS2. The monoisotopic (exact) mass is 1880 g/mol. The molecule has 8 heterocycles. The number of carbonyl (C=O) groups excluding carboxylic acids is 2. The Kier molecular flexibility index (Phi) is 45.1. The van der Waals surface area contributed by atoms with E-state index in [9.17, 15) is 45.5 Å². The second kappa shape index (κ2) is 47.7. The van der Waals surface area contributed by atoms with Gasteiger partial charge < -0.3 is 24.5 Å². The number of rotatable bonds is 13. The minimum atomic E-state index is -4.66. The number of thioether (sulfide) groups is 1. The first-order valence-corrected chi connectivity index (χ1v) is 40.5. The number of esters is 2. The van der Waals surface area contributed by atoms with E-state index < -0.39 is 40.8 Å². The molecule has 8 aromatic rings. The molecule has 8 rings (SSSR count). The smallest absolute Gasteiger partial charge is 0.433 e. The van der Waals surface area contributed by atoms with E-state index in [0.717, 1.165) is 72.8 Å². The molecule has 0 spiro atoms. The zero-order chi connectivity index (χ0) is 72.2. The van der Waals surface area contributed by atoms with E-state index in [-0.39, 0.29) is 37.3 Å². The molecule has 0 aliphatic heterocycles. The molecule has 0 aromatic carbocycles. The lowest BCUT2D eigenvalue weighted by molar-refractivity contribution is -0.142. The van der Waals surface area contributed by atoms with Crippen molar-refractivity contribution >= 4 is 204 Å². The van der Waals surface area contributed by atoms with E-state index in [1.54, 1.807) is 63.3 Å². The maximum atomic E-state index is 12.6. The molecule has 0 fully saturated rings. The summed E-state index contributed by atoms with van der Waals surface area (Å²) in [5.41, 5.74) is 3.35. The van der Waals surface area contributed by atoms with Gasteiger partial charge in [-0.15, -0.1) is 0 Å². The van der Waals surface area contributed by atoms with Gasteiger partial charge in [0.2, 0.25) is 0 Å². The summed E-state index contributed by atoms with van der Waals surface area (Å²) in [7, 11) is 0. The predicted octanol–water partition coefficient (Wildman–Crippen LogP) is 21.2. The fourth-order valence-corrected chi connectivity index (χ4v) is 11.3. The molecule has 0 radical (unpaired) electrons. The number of nitrogens with one attached hydrogen (secondary N) is 3. The minimum absolute atomic E-state index is 0.00940. The molecule has 0 bridgehead atoms. The van der Waals surface area contributed by atoms with Crippen LogP contribution < -0.4 is 11.1 Å². The second-order valence-electron chi connectivity index (χ2n) is 17.3. The van der Waals surface area contributed by atoms with Gasteiger partial charge in [0.25, 0.3) is 11.1 Å². The first kappa shape index (κ1) is 89.8. The number of carbonyl (C=O) groups is 2. The number of aryl methyl sites for hydroxylation is 4. The van der Waals surface area contributed by atoms with Crippen LogP contribution in [0.3, 0.4) is 0 Å². The number of alkyl halides is 7. The zero-order valence-electron chi connectivity index (χ0n) is 50.1. The van der Waals surface area contributed by atoms with Crippen LogP contribution >= 0.6 is 192 Å². The summed E-state index contributed by atoms with van der Waals surface area (Å²) in [4.78, 5) is 77.6. The Morgan fingerprint density at radius 3 is 1.39 bits per heavy atom. The van der Waals surface area contributed by atoms with Crippen LogP contribution in [0, 0.1) is 4.77 Å². The molecule has 0 saturated carbocycles. The summed E-state index contributed by atoms with van der Waals surface area (Å²) in [6.45, 7) is 12.1. The van der Waals surface area contributed by atoms with Crippen molar-refractivity contribution in [1.82, 2.24) is 49.8 Å². The van der Waals surface area contributed by atoms with Crippen molar-refractivity contribution in [1.29, 1.82) is 0 Å². The van der Waals surface area contributed by atoms with Crippen LogP contribution in [0.2, 0.25) is 30.1 Å². The van der Waals surface area contributed by atoms with Crippen LogP contribution in [0.5, 0.6) is 0 Å². The van der Waals surface area contributed by atoms with Gasteiger partial charge in [-0.2, -0.15) is 26.3 Å². The molecule has 95 heavy (non-hydrogen) atoms. The molecule has 38 heteroatoms. The van der Waals surface area contributed by atoms with Gasteiger partial charge in [-0.3, -0.25) is 44.5 Å². The maximum absolute atomic E-state index is 12.6. The predicted molar refractivity (Wildman–Crippen MR) is 389 cm³/mol. The summed E-state index contributed by atoms with van der Waals surface area (Å²) in [6.07, 6.45) is 13.2. The van der Waals surface area contributed by atoms with Crippen LogP contribution in [0.1, 0.15) is 113 Å². The fraction of sp³-hybridized carbons (Fsp3) is 0.298. The van der Waals surface area contributed by atoms with Crippen molar-refractivity contribution < 1.29 is 50.5 Å². The van der Waals surface area contributed by atoms with Crippen LogP contribution in [0.25, 0.3) is 0 Å². The number of nitrogens with zero attached hydrogens (tertiary/aromatic N) is 7. The Hall–Kier alpha value is -3.24. The van der Waals surface area contributed by atoms with E-state index in [1.807, 2.05) is 36.9 Å². The van der Waals surface area contributed by atoms with Gasteiger partial charge in [0.1, 0.15) is 9.72 Å². The number of ether oxygens (including phenoxy) is 2. The Morgan fingerprint density at radius 2 is 0.989 bits per heavy atom. The number of aromatic amines is 3. The number of aliphatic hydroxyl groups is 1. The maximum Gasteiger partial charge on any atom is 0.433 e. The molecule has 17 nitrogen and oxygen atoms in total. The van der Waals surface area contributed by atoms with Crippen molar-refractivity contribution in [2.24, 2.45) is 0 Å². The van der Waals surface area contributed by atoms with Gasteiger partial charge in [0, 0.05) is 108 Å². The molecule has 518 valence electrons. The molecule has 0 unspecified atom stereocenters. The summed E-state index contributed by atoms with van der Waals surface area (Å²) in [5, 5.41) is 12.6. The third-order valence-corrected chi connectivity index (χ3v) is 15.4. The number of hydrogen-bond acceptors (Lipinski definition) is 16. The summed E-state index contributed by atoms with van der Waals surface area (Å²) < 4.78 is 84.3. The first-order chi connectivity index (χ1) is 44.7. The van der Waals surface area contributed by atoms with Crippen molar-refractivity contribution in [3.63, 3.8) is 0 Å². The normalized spacial score (nSPS) is 10.5. The van der Waals surface area contributed by atoms with Gasteiger partial charge in [-0.05, 0) is 170 Å². The van der Waals surface area contributed by atoms with Crippen molar-refractivity contribution in [2.45, 2.75) is 102 Å². The molecule has 0 amide bonds. The van der Waals surface area contributed by atoms with Gasteiger partial charge in [-0.1, -0.05) is 125 Å². The molecule has 4 N–H and O–H groups in total. The zero-order valence-corrected chi connectivity index (χ0v) is 66.7. The fourth-order valence-electron chi connectivity index (χ4n) is 6.69. The van der Waals surface area contributed by atoms with Gasteiger partial charge >= 0.3 is 24.3 Å². The van der Waals surface area contributed by atoms with Crippen LogP contribution in [-0.4, -0.2) is 80.1 Å². The highest BCUT2D eigenvalue weighted by Crippen LogP contribution is 2.59. The number of aliphatic hydroxyl groups excluding tert-OH is 1. The number of halogens is 18. The topological polar surface area (TPSA) is 245 Å². The average molecular weight is 1890 g/mol. The Balaban J connectivity index is 0.000000559. The minimum Gasteiger partial charge on any atom is -0.462 e. The van der Waals surface area contributed by atoms with Crippen molar-refractivity contribution in [3.05, 3.63) is 219 Å². The number of pyridine rings is 6. The molecule has 8 aromatic heterocycles. The Labute approximate surface area is 632 Å². The molecule has 0 aliphatic rings. The van der Waals surface area contributed by atoms with E-state index in [4.69, 9.17) is 84.2 Å². The third-order valence-electron chi connectivity index (χ3n) is 11.0. The van der Waals surface area contributed by atoms with Crippen molar-refractivity contribution in [2.75, 3.05) is 13.2 Å². The lowest BCUT2D eigenvalue weighted by atomic mass is 10.1. The van der Waals surface area contributed by atoms with Gasteiger partial charge in [-0.25, -0.2) is 14.6 Å². The van der Waals surface area contributed by atoms with Gasteiger partial charge in [0.05, 0.1) is 65.6 Å². The van der Waals surface area contributed by atoms with E-state index in [0.29, 0.717) is 73.9 Å². The number of aromatic nitrogens is 10. The molecule has 0 atom stereocenters. The molecule has 0 saturated heterocycles. The molecular weight excluding hydrogens is 1840 g/mol. The third kappa shape index (κ3) is 34.6. The largest absolute Gasteiger partial charge is 0.462 e. The van der Waals surface area contributed by atoms with E-state index >= 15 is 0 Å². The average Bonchev–Trinajstić information content (AvgIpc) is 0.924. The number of H-pyrrole nitrogens is 3. The van der Waals surface area contributed by atoms with E-state index in [2.05, 4.69) is 153 Å². The lowest BCUT2D eigenvalue weighted by Gasteiger charge is -2.10. The SMILES string of the molecule is BrP(Br)Br.CCOC(=O)c1c(Cl)cncc1Br.CCOC(=O)c1c(Cl)cncc1CC.CCc1cncc(Cl)c1CBr.CCc1cncc(Cl)c1CO.CCc1cncc(Cl)c1CSc1nc(C(F)(F)F)cc(=O)[nH]1.Clc1cncc(Br)c1.O=c1cc(C(F)(F)F)[nH]c(=S)[nH]1. The summed E-state index contributed by atoms with van der Waals surface area (Å²) >= 11 is 59.6. The first-order valence-electron chi connectivity index (χ1n) is 26.7. The number of hydrogen-bond donors (Lipinski definition) is 4. The highest BCUT2D eigenvalue weighted by atomic mass is 80.0. The Bertz CT molecular complexity index is 3780. The van der Waals surface area contributed by atoms with Crippen LogP contribution in [-0.2, 0) is 65.2 Å². The van der Waals surface area contributed by atoms with Crippen LogP contribution in [0.15, 0.2) is 116 Å². The summed E-state index contributed by atoms with van der Waals surface area (Å²) in [5.74, 6) is -0.534. The highest BCUT2D eigenvalue weighted by molar-refractivity contribution is 9.93. The Morgan fingerprint density at radius 1 is 0.568 bits per heavy atom. The van der Waals surface area contributed by atoms with E-state index in [1.165, 1.54) is 30.4 Å². The van der Waals surface area contributed by atoms with Crippen molar-refractivity contribution in [3.8, 4) is 0 Å². The quantitative estimate of drug-likeness (QED) is 0.0159. The summed E-state index contributed by atoms with van der Waals surface area (Å²) in [6, 6.07) is 2.63. The second-order valence-corrected chi connectivity index (χ2v) is 38.8. The molecule has 0 aliphatic carbocycles. The standard InChI is InChI=1S/C13H11ClF3N3OS.C10H12ClNO2.C8H7BrClNO2.C8H9BrClN.C8H10ClNO.C5H3BrClN.C5H3F3N2OS.Br3P/c1-2-7-4-18-5-9(14)8(7)6-22-12-19-10(13(15,16)17)3-11(21)20-12;1-3-7-5-12-6-8(11)9(7)10(13)14-4-2;1-2-13-8(12)7-5(9)3-11-4-6(7)10;1-2-6-4-11-5-8(10)7(6)3-9;1-2-6-3-10-4-8(9)7(6)5-11;6-4-1-5(7)3-8-2-4;6-5(7,8)2-1-3(11)10-4(12)9-2;1-4(2)3/h3-5H,2,6H2,1H3,(H,19,20,21);5-6H,3-4H2,1-2H3;3-4H,2H2,1H3;4-5H,2-3H2,1H3;3-4,11H,2,5H2,1H3;1-3H;1H,(H2,9,10,11,12);.